The number of rotatable bonds is 5. The van der Waals surface area contributed by atoms with Gasteiger partial charge in [0.15, 0.2) is 0 Å². The average Bonchev–Trinajstić information content (AvgIpc) is 2.46. The van der Waals surface area contributed by atoms with Gasteiger partial charge in [-0.25, -0.2) is 0 Å². The molecule has 2 N–H and O–H groups in total. The lowest BCUT2D eigenvalue weighted by atomic mass is 10.0. The van der Waals surface area contributed by atoms with E-state index in [9.17, 15) is 0 Å². The van der Waals surface area contributed by atoms with Gasteiger partial charge in [-0.05, 0) is 37.0 Å². The molecule has 2 unspecified atom stereocenters. The molecule has 2 atom stereocenters. The summed E-state index contributed by atoms with van der Waals surface area (Å²) in [6.45, 7) is 3.91. The van der Waals surface area contributed by atoms with Crippen LogP contribution in [0.3, 0.4) is 0 Å². The van der Waals surface area contributed by atoms with Crippen molar-refractivity contribution in [1.82, 2.24) is 0 Å². The van der Waals surface area contributed by atoms with E-state index in [1.807, 2.05) is 23.9 Å². The molecule has 1 fully saturated rings. The molecule has 1 heterocycles. The van der Waals surface area contributed by atoms with Gasteiger partial charge in [-0.15, -0.1) is 11.8 Å². The van der Waals surface area contributed by atoms with Crippen LogP contribution in [0.25, 0.3) is 0 Å². The van der Waals surface area contributed by atoms with Crippen molar-refractivity contribution in [3.05, 3.63) is 34.9 Å². The Morgan fingerprint density at radius 1 is 1.32 bits per heavy atom. The van der Waals surface area contributed by atoms with Crippen LogP contribution in [0.5, 0.6) is 0 Å². The van der Waals surface area contributed by atoms with Crippen molar-refractivity contribution >= 4 is 23.4 Å². The first-order valence-corrected chi connectivity index (χ1v) is 8.27. The third-order valence-corrected chi connectivity index (χ3v) is 5.59. The Kier molecular flexibility index (Phi) is 6.02. The first kappa shape index (κ1) is 15.2. The molecule has 0 spiro atoms. The molecular formula is C15H22ClNOS. The van der Waals surface area contributed by atoms with Crippen LogP contribution >= 0.6 is 23.4 Å². The average molecular weight is 300 g/mol. The Bertz CT molecular complexity index is 378. The lowest BCUT2D eigenvalue weighted by molar-refractivity contribution is 0.0999. The van der Waals surface area contributed by atoms with E-state index in [0.717, 1.165) is 37.5 Å². The highest BCUT2D eigenvalue weighted by Gasteiger charge is 2.25. The van der Waals surface area contributed by atoms with E-state index < -0.39 is 0 Å². The van der Waals surface area contributed by atoms with E-state index >= 15 is 0 Å². The molecule has 0 saturated carbocycles. The Labute approximate surface area is 125 Å². The van der Waals surface area contributed by atoms with Gasteiger partial charge in [-0.3, -0.25) is 0 Å². The molecule has 2 rings (SSSR count). The molecule has 1 saturated heterocycles. The fourth-order valence-electron chi connectivity index (χ4n) is 2.31. The standard InChI is InChI=1S/C15H22ClNOS/c1-2-14(17)15(11-3-5-12(16)6-4-11)19-13-7-9-18-10-8-13/h3-6,13-15H,2,7-10,17H2,1H3. The summed E-state index contributed by atoms with van der Waals surface area (Å²) in [5.41, 5.74) is 7.61. The van der Waals surface area contributed by atoms with Crippen LogP contribution in [0, 0.1) is 0 Å². The number of nitrogens with two attached hydrogens (primary N) is 1. The largest absolute Gasteiger partial charge is 0.381 e. The van der Waals surface area contributed by atoms with Gasteiger partial charge >= 0.3 is 0 Å². The van der Waals surface area contributed by atoms with Crippen molar-refractivity contribution in [3.63, 3.8) is 0 Å². The van der Waals surface area contributed by atoms with Crippen LogP contribution in [0.1, 0.15) is 37.0 Å². The highest BCUT2D eigenvalue weighted by atomic mass is 35.5. The van der Waals surface area contributed by atoms with Gasteiger partial charge in [0.25, 0.3) is 0 Å². The molecule has 19 heavy (non-hydrogen) atoms. The molecule has 0 bridgehead atoms. The van der Waals surface area contributed by atoms with Gasteiger partial charge < -0.3 is 10.5 Å². The van der Waals surface area contributed by atoms with Crippen molar-refractivity contribution in [2.45, 2.75) is 42.7 Å². The predicted molar refractivity (Wildman–Crippen MR) is 83.9 cm³/mol. The Hall–Kier alpha value is -0.220. The molecule has 0 aliphatic carbocycles. The second-order valence-corrected chi connectivity index (χ2v) is 6.88. The summed E-state index contributed by atoms with van der Waals surface area (Å²) in [7, 11) is 0. The van der Waals surface area contributed by atoms with E-state index in [1.54, 1.807) is 0 Å². The molecule has 0 radical (unpaired) electrons. The first-order chi connectivity index (χ1) is 9.20. The Morgan fingerprint density at radius 2 is 1.95 bits per heavy atom. The molecule has 2 nitrogen and oxygen atoms in total. The Morgan fingerprint density at radius 3 is 2.53 bits per heavy atom. The van der Waals surface area contributed by atoms with E-state index in [2.05, 4.69) is 19.1 Å². The number of halogens is 1. The predicted octanol–water partition coefficient (Wildman–Crippen LogP) is 4.03. The van der Waals surface area contributed by atoms with Crippen LogP contribution in [-0.2, 0) is 4.74 Å². The molecule has 0 aromatic heterocycles. The lowest BCUT2D eigenvalue weighted by Crippen LogP contribution is -2.28. The van der Waals surface area contributed by atoms with Crippen molar-refractivity contribution in [1.29, 1.82) is 0 Å². The number of hydrogen-bond acceptors (Lipinski definition) is 3. The molecular weight excluding hydrogens is 278 g/mol. The maximum absolute atomic E-state index is 6.32. The molecule has 4 heteroatoms. The summed E-state index contributed by atoms with van der Waals surface area (Å²) in [5, 5.41) is 1.79. The molecule has 1 aromatic rings. The van der Waals surface area contributed by atoms with E-state index in [4.69, 9.17) is 22.1 Å². The molecule has 106 valence electrons. The van der Waals surface area contributed by atoms with Gasteiger partial charge in [0.1, 0.15) is 0 Å². The van der Waals surface area contributed by atoms with Gasteiger partial charge in [0.05, 0.1) is 0 Å². The molecule has 1 aliphatic rings. The summed E-state index contributed by atoms with van der Waals surface area (Å²) in [5.74, 6) is 0. The number of ether oxygens (including phenoxy) is 1. The van der Waals surface area contributed by atoms with E-state index in [1.165, 1.54) is 5.56 Å². The normalized spacial score (nSPS) is 20.2. The zero-order valence-electron chi connectivity index (χ0n) is 11.3. The molecule has 1 aromatic carbocycles. The highest BCUT2D eigenvalue weighted by molar-refractivity contribution is 8.00. The van der Waals surface area contributed by atoms with E-state index in [-0.39, 0.29) is 6.04 Å². The van der Waals surface area contributed by atoms with Crippen molar-refractivity contribution in [2.24, 2.45) is 5.73 Å². The second kappa shape index (κ2) is 7.53. The number of thioether (sulfide) groups is 1. The third kappa shape index (κ3) is 4.38. The van der Waals surface area contributed by atoms with Crippen molar-refractivity contribution < 1.29 is 4.74 Å². The SMILES string of the molecule is CCC(N)C(SC1CCOCC1)c1ccc(Cl)cc1. The topological polar surface area (TPSA) is 35.2 Å². The van der Waals surface area contributed by atoms with Gasteiger partial charge in [-0.1, -0.05) is 30.7 Å². The summed E-state index contributed by atoms with van der Waals surface area (Å²) in [4.78, 5) is 0. The van der Waals surface area contributed by atoms with Crippen molar-refractivity contribution in [2.75, 3.05) is 13.2 Å². The van der Waals surface area contributed by atoms with Gasteiger partial charge in [0, 0.05) is 34.8 Å². The number of benzene rings is 1. The van der Waals surface area contributed by atoms with Crippen LogP contribution in [0.4, 0.5) is 0 Å². The molecule has 0 amide bonds. The monoisotopic (exact) mass is 299 g/mol. The summed E-state index contributed by atoms with van der Waals surface area (Å²) in [6.07, 6.45) is 3.25. The van der Waals surface area contributed by atoms with Gasteiger partial charge in [0.2, 0.25) is 0 Å². The van der Waals surface area contributed by atoms with E-state index in [0.29, 0.717) is 10.5 Å². The van der Waals surface area contributed by atoms with Crippen LogP contribution < -0.4 is 5.73 Å². The van der Waals surface area contributed by atoms with Crippen molar-refractivity contribution in [3.8, 4) is 0 Å². The second-order valence-electron chi connectivity index (χ2n) is 4.99. The quantitative estimate of drug-likeness (QED) is 0.891. The first-order valence-electron chi connectivity index (χ1n) is 6.95. The fraction of sp³-hybridized carbons (Fsp3) is 0.600. The minimum absolute atomic E-state index is 0.189. The Balaban J connectivity index is 2.08. The lowest BCUT2D eigenvalue weighted by Gasteiger charge is -2.29. The maximum Gasteiger partial charge on any atom is 0.0476 e. The summed E-state index contributed by atoms with van der Waals surface area (Å²) >= 11 is 7.98. The third-order valence-electron chi connectivity index (χ3n) is 3.57. The smallest absolute Gasteiger partial charge is 0.0476 e. The van der Waals surface area contributed by atoms with Gasteiger partial charge in [-0.2, -0.15) is 0 Å². The minimum atomic E-state index is 0.189. The highest BCUT2D eigenvalue weighted by Crippen LogP contribution is 2.39. The van der Waals surface area contributed by atoms with Crippen LogP contribution in [0.15, 0.2) is 24.3 Å². The zero-order valence-corrected chi connectivity index (χ0v) is 12.9. The number of hydrogen-bond donors (Lipinski definition) is 1. The summed E-state index contributed by atoms with van der Waals surface area (Å²) in [6, 6.07) is 8.31. The minimum Gasteiger partial charge on any atom is -0.381 e. The zero-order chi connectivity index (χ0) is 13.7. The summed E-state index contributed by atoms with van der Waals surface area (Å²) < 4.78 is 5.43. The fourth-order valence-corrected chi connectivity index (χ4v) is 4.03. The maximum atomic E-state index is 6.32. The van der Waals surface area contributed by atoms with Crippen LogP contribution in [-0.4, -0.2) is 24.5 Å². The van der Waals surface area contributed by atoms with Crippen LogP contribution in [0.2, 0.25) is 5.02 Å². The molecule has 1 aliphatic heterocycles.